The number of hydrogen-bond donors (Lipinski definition) is 1. The SMILES string of the molecule is CCn1c(NC(=O)Cn2nnc3ccccc32)nc2ccccc21. The van der Waals surface area contributed by atoms with Crippen molar-refractivity contribution in [1.82, 2.24) is 24.5 Å². The third kappa shape index (κ3) is 2.40. The van der Waals surface area contributed by atoms with E-state index in [1.165, 1.54) is 0 Å². The summed E-state index contributed by atoms with van der Waals surface area (Å²) in [4.78, 5) is 16.9. The molecule has 2 heterocycles. The summed E-state index contributed by atoms with van der Waals surface area (Å²) in [5.41, 5.74) is 3.46. The van der Waals surface area contributed by atoms with Gasteiger partial charge in [0.1, 0.15) is 12.1 Å². The van der Waals surface area contributed by atoms with Crippen LogP contribution in [0.3, 0.4) is 0 Å². The number of imidazole rings is 1. The molecule has 0 aliphatic heterocycles. The highest BCUT2D eigenvalue weighted by molar-refractivity contribution is 5.92. The zero-order valence-corrected chi connectivity index (χ0v) is 13.2. The Labute approximate surface area is 137 Å². The van der Waals surface area contributed by atoms with E-state index < -0.39 is 0 Å². The summed E-state index contributed by atoms with van der Waals surface area (Å²) >= 11 is 0. The van der Waals surface area contributed by atoms with Crippen molar-refractivity contribution in [1.29, 1.82) is 0 Å². The van der Waals surface area contributed by atoms with Gasteiger partial charge in [-0.3, -0.25) is 10.1 Å². The third-order valence-electron chi connectivity index (χ3n) is 3.94. The lowest BCUT2D eigenvalue weighted by Gasteiger charge is -2.07. The van der Waals surface area contributed by atoms with Crippen molar-refractivity contribution >= 4 is 33.9 Å². The molecule has 0 bridgehead atoms. The fraction of sp³-hybridized carbons (Fsp3) is 0.176. The maximum Gasteiger partial charge on any atom is 0.248 e. The molecule has 7 nitrogen and oxygen atoms in total. The first-order valence-corrected chi connectivity index (χ1v) is 7.79. The van der Waals surface area contributed by atoms with Crippen LogP contribution in [0.2, 0.25) is 0 Å². The minimum absolute atomic E-state index is 0.0907. The second kappa shape index (κ2) is 5.77. The van der Waals surface area contributed by atoms with E-state index in [2.05, 4.69) is 20.6 Å². The molecule has 0 aliphatic rings. The monoisotopic (exact) mass is 320 g/mol. The van der Waals surface area contributed by atoms with E-state index in [1.54, 1.807) is 4.68 Å². The highest BCUT2D eigenvalue weighted by atomic mass is 16.2. The average Bonchev–Trinajstić information content (AvgIpc) is 3.16. The van der Waals surface area contributed by atoms with Crippen molar-refractivity contribution in [3.05, 3.63) is 48.5 Å². The number of rotatable bonds is 4. The summed E-state index contributed by atoms with van der Waals surface area (Å²) in [5.74, 6) is 0.365. The fourth-order valence-corrected chi connectivity index (χ4v) is 2.83. The number of benzene rings is 2. The van der Waals surface area contributed by atoms with Crippen LogP contribution in [0.4, 0.5) is 5.95 Å². The Kier molecular flexibility index (Phi) is 3.45. The van der Waals surface area contributed by atoms with Gasteiger partial charge in [0.15, 0.2) is 0 Å². The Morgan fingerprint density at radius 1 is 1.04 bits per heavy atom. The molecule has 0 saturated carbocycles. The number of fused-ring (bicyclic) bond motifs is 2. The molecule has 120 valence electrons. The number of aryl methyl sites for hydroxylation is 1. The Morgan fingerprint density at radius 3 is 2.54 bits per heavy atom. The lowest BCUT2D eigenvalue weighted by atomic mass is 10.3. The number of hydrogen-bond acceptors (Lipinski definition) is 4. The Bertz CT molecular complexity index is 1030. The van der Waals surface area contributed by atoms with E-state index in [0.717, 1.165) is 28.6 Å². The molecular formula is C17H16N6O. The van der Waals surface area contributed by atoms with Crippen molar-refractivity contribution in [3.63, 3.8) is 0 Å². The number of carbonyl (C=O) groups is 1. The summed E-state index contributed by atoms with van der Waals surface area (Å²) in [5, 5.41) is 11.0. The van der Waals surface area contributed by atoms with Crippen molar-refractivity contribution < 1.29 is 4.79 Å². The number of para-hydroxylation sites is 3. The van der Waals surface area contributed by atoms with Crippen LogP contribution in [0.25, 0.3) is 22.1 Å². The van der Waals surface area contributed by atoms with Crippen LogP contribution in [0.5, 0.6) is 0 Å². The van der Waals surface area contributed by atoms with Gasteiger partial charge < -0.3 is 4.57 Å². The molecule has 0 radical (unpaired) electrons. The highest BCUT2D eigenvalue weighted by Gasteiger charge is 2.13. The van der Waals surface area contributed by atoms with Crippen molar-refractivity contribution in [2.45, 2.75) is 20.0 Å². The molecule has 0 fully saturated rings. The standard InChI is InChI=1S/C17H16N6O/c1-2-22-14-9-5-3-7-12(14)18-17(22)19-16(24)11-23-15-10-6-4-8-13(15)20-21-23/h3-10H,2,11H2,1H3,(H,18,19,24). The lowest BCUT2D eigenvalue weighted by Crippen LogP contribution is -2.21. The summed E-state index contributed by atoms with van der Waals surface area (Å²) in [6.45, 7) is 2.84. The molecule has 4 rings (SSSR count). The van der Waals surface area contributed by atoms with Crippen molar-refractivity contribution in [3.8, 4) is 0 Å². The largest absolute Gasteiger partial charge is 0.310 e. The maximum absolute atomic E-state index is 12.4. The highest BCUT2D eigenvalue weighted by Crippen LogP contribution is 2.19. The van der Waals surface area contributed by atoms with E-state index in [9.17, 15) is 4.79 Å². The summed E-state index contributed by atoms with van der Waals surface area (Å²) in [7, 11) is 0. The summed E-state index contributed by atoms with van der Waals surface area (Å²) in [6.07, 6.45) is 0. The molecular weight excluding hydrogens is 304 g/mol. The van der Waals surface area contributed by atoms with Crippen LogP contribution >= 0.6 is 0 Å². The maximum atomic E-state index is 12.4. The molecule has 24 heavy (non-hydrogen) atoms. The van der Waals surface area contributed by atoms with E-state index >= 15 is 0 Å². The molecule has 2 aromatic heterocycles. The van der Waals surface area contributed by atoms with Crippen molar-refractivity contribution in [2.75, 3.05) is 5.32 Å². The van der Waals surface area contributed by atoms with E-state index in [4.69, 9.17) is 0 Å². The first-order valence-electron chi connectivity index (χ1n) is 7.79. The van der Waals surface area contributed by atoms with Gasteiger partial charge in [-0.05, 0) is 31.2 Å². The summed E-state index contributed by atoms with van der Waals surface area (Å²) < 4.78 is 3.57. The Hall–Kier alpha value is -3.22. The molecule has 1 amide bonds. The average molecular weight is 320 g/mol. The topological polar surface area (TPSA) is 77.6 Å². The Balaban J connectivity index is 1.60. The minimum atomic E-state index is -0.185. The Morgan fingerprint density at radius 2 is 1.75 bits per heavy atom. The van der Waals surface area contributed by atoms with Gasteiger partial charge in [0.2, 0.25) is 11.9 Å². The zero-order chi connectivity index (χ0) is 16.5. The molecule has 0 aliphatic carbocycles. The number of nitrogens with zero attached hydrogens (tertiary/aromatic N) is 5. The zero-order valence-electron chi connectivity index (χ0n) is 13.2. The fourth-order valence-electron chi connectivity index (χ4n) is 2.83. The van der Waals surface area contributed by atoms with E-state index in [0.29, 0.717) is 5.95 Å². The van der Waals surface area contributed by atoms with Gasteiger partial charge in [0.05, 0.1) is 16.6 Å². The number of carbonyl (C=O) groups excluding carboxylic acids is 1. The quantitative estimate of drug-likeness (QED) is 0.626. The molecule has 0 atom stereocenters. The van der Waals surface area contributed by atoms with Gasteiger partial charge in [0.25, 0.3) is 0 Å². The smallest absolute Gasteiger partial charge is 0.248 e. The first-order chi connectivity index (χ1) is 11.8. The molecule has 2 aromatic carbocycles. The van der Waals surface area contributed by atoms with E-state index in [1.807, 2.05) is 60.0 Å². The second-order valence-corrected chi connectivity index (χ2v) is 5.45. The van der Waals surface area contributed by atoms with Gasteiger partial charge in [-0.1, -0.05) is 29.5 Å². The molecule has 7 heteroatoms. The number of anilines is 1. The third-order valence-corrected chi connectivity index (χ3v) is 3.94. The van der Waals surface area contributed by atoms with Crippen LogP contribution in [0.15, 0.2) is 48.5 Å². The van der Waals surface area contributed by atoms with Gasteiger partial charge in [0, 0.05) is 6.54 Å². The van der Waals surface area contributed by atoms with Crippen LogP contribution in [0.1, 0.15) is 6.92 Å². The lowest BCUT2D eigenvalue weighted by molar-refractivity contribution is -0.116. The van der Waals surface area contributed by atoms with Gasteiger partial charge in [-0.25, -0.2) is 9.67 Å². The second-order valence-electron chi connectivity index (χ2n) is 5.45. The summed E-state index contributed by atoms with van der Waals surface area (Å²) in [6, 6.07) is 15.4. The molecule has 0 spiro atoms. The van der Waals surface area contributed by atoms with E-state index in [-0.39, 0.29) is 12.5 Å². The van der Waals surface area contributed by atoms with Crippen LogP contribution in [0, 0.1) is 0 Å². The number of nitrogens with one attached hydrogen (secondary N) is 1. The van der Waals surface area contributed by atoms with Gasteiger partial charge >= 0.3 is 0 Å². The molecule has 4 aromatic rings. The number of aromatic nitrogens is 5. The molecule has 0 saturated heterocycles. The number of amides is 1. The van der Waals surface area contributed by atoms with Crippen LogP contribution in [-0.4, -0.2) is 30.5 Å². The van der Waals surface area contributed by atoms with Gasteiger partial charge in [-0.2, -0.15) is 0 Å². The van der Waals surface area contributed by atoms with Crippen LogP contribution < -0.4 is 5.32 Å². The minimum Gasteiger partial charge on any atom is -0.310 e. The first kappa shape index (κ1) is 14.4. The van der Waals surface area contributed by atoms with Crippen molar-refractivity contribution in [2.24, 2.45) is 0 Å². The van der Waals surface area contributed by atoms with Crippen LogP contribution in [-0.2, 0) is 17.9 Å². The molecule has 0 unspecified atom stereocenters. The predicted octanol–water partition coefficient (Wildman–Crippen LogP) is 2.44. The normalized spacial score (nSPS) is 11.2. The molecule has 1 N–H and O–H groups in total. The van der Waals surface area contributed by atoms with Gasteiger partial charge in [-0.15, -0.1) is 5.10 Å². The predicted molar refractivity (Wildman–Crippen MR) is 91.6 cm³/mol.